The molecule has 1 aromatic carbocycles. The second kappa shape index (κ2) is 5.52. The van der Waals surface area contributed by atoms with Crippen LogP contribution in [0, 0.1) is 5.82 Å². The van der Waals surface area contributed by atoms with Crippen molar-refractivity contribution in [2.24, 2.45) is 0 Å². The first kappa shape index (κ1) is 13.6. The lowest BCUT2D eigenvalue weighted by Crippen LogP contribution is -2.47. The van der Waals surface area contributed by atoms with Crippen LogP contribution in [0.25, 0.3) is 0 Å². The second-order valence-electron chi connectivity index (χ2n) is 5.91. The summed E-state index contributed by atoms with van der Waals surface area (Å²) >= 11 is 0. The van der Waals surface area contributed by atoms with Gasteiger partial charge >= 0.3 is 0 Å². The number of benzene rings is 1. The molecule has 2 heterocycles. The second-order valence-corrected chi connectivity index (χ2v) is 5.91. The summed E-state index contributed by atoms with van der Waals surface area (Å²) in [5.41, 5.74) is 0.596. The normalized spacial score (nSPS) is 27.2. The minimum Gasteiger partial charge on any atom is -0.334 e. The molecule has 0 aromatic heterocycles. The van der Waals surface area contributed by atoms with E-state index in [1.807, 2.05) is 4.90 Å². The third-order valence-electron chi connectivity index (χ3n) is 4.67. The Bertz CT molecular complexity index is 488. The maximum Gasteiger partial charge on any atom is 0.254 e. The van der Waals surface area contributed by atoms with Crippen LogP contribution < -0.4 is 0 Å². The zero-order valence-electron chi connectivity index (χ0n) is 11.9. The SMILES string of the molecule is CN1CCC[C@H]1[C@H]1CCCN1C(=O)c1ccc(F)cc1. The average Bonchev–Trinajstić information content (AvgIpc) is 3.07. The van der Waals surface area contributed by atoms with Gasteiger partial charge in [0.1, 0.15) is 5.82 Å². The Morgan fingerprint density at radius 1 is 1.10 bits per heavy atom. The highest BCUT2D eigenvalue weighted by Crippen LogP contribution is 2.30. The van der Waals surface area contributed by atoms with Gasteiger partial charge in [0, 0.05) is 24.2 Å². The Labute approximate surface area is 119 Å². The zero-order valence-corrected chi connectivity index (χ0v) is 11.9. The molecule has 0 radical (unpaired) electrons. The van der Waals surface area contributed by atoms with Crippen molar-refractivity contribution in [3.05, 3.63) is 35.6 Å². The highest BCUT2D eigenvalue weighted by Gasteiger charge is 2.38. The van der Waals surface area contributed by atoms with E-state index in [2.05, 4.69) is 11.9 Å². The van der Waals surface area contributed by atoms with E-state index in [1.165, 1.54) is 25.0 Å². The third kappa shape index (κ3) is 2.44. The number of amides is 1. The van der Waals surface area contributed by atoms with Crippen molar-refractivity contribution in [1.29, 1.82) is 0 Å². The van der Waals surface area contributed by atoms with Gasteiger partial charge in [-0.2, -0.15) is 0 Å². The van der Waals surface area contributed by atoms with Crippen LogP contribution in [0.4, 0.5) is 4.39 Å². The predicted molar refractivity (Wildman–Crippen MR) is 76.1 cm³/mol. The van der Waals surface area contributed by atoms with Crippen LogP contribution in [0.2, 0.25) is 0 Å². The summed E-state index contributed by atoms with van der Waals surface area (Å²) in [6.45, 7) is 1.95. The van der Waals surface area contributed by atoms with E-state index in [0.29, 0.717) is 17.6 Å². The molecular weight excluding hydrogens is 255 g/mol. The number of nitrogens with zero attached hydrogens (tertiary/aromatic N) is 2. The minimum atomic E-state index is -0.296. The van der Waals surface area contributed by atoms with Gasteiger partial charge in [0.05, 0.1) is 0 Å². The van der Waals surface area contributed by atoms with Crippen LogP contribution in [0.3, 0.4) is 0 Å². The summed E-state index contributed by atoms with van der Waals surface area (Å²) in [7, 11) is 2.15. The Morgan fingerprint density at radius 3 is 2.40 bits per heavy atom. The number of hydrogen-bond donors (Lipinski definition) is 0. The van der Waals surface area contributed by atoms with E-state index < -0.39 is 0 Å². The van der Waals surface area contributed by atoms with Gasteiger partial charge in [-0.1, -0.05) is 0 Å². The maximum atomic E-state index is 13.0. The Balaban J connectivity index is 1.78. The van der Waals surface area contributed by atoms with Crippen molar-refractivity contribution in [1.82, 2.24) is 9.80 Å². The Hall–Kier alpha value is -1.42. The van der Waals surface area contributed by atoms with E-state index in [0.717, 1.165) is 25.9 Å². The van der Waals surface area contributed by atoms with Crippen LogP contribution in [0.15, 0.2) is 24.3 Å². The molecule has 2 fully saturated rings. The van der Waals surface area contributed by atoms with Gasteiger partial charge in [-0.3, -0.25) is 4.79 Å². The first-order valence-corrected chi connectivity index (χ1v) is 7.43. The lowest BCUT2D eigenvalue weighted by Gasteiger charge is -2.33. The quantitative estimate of drug-likeness (QED) is 0.828. The number of halogens is 1. The Morgan fingerprint density at radius 2 is 1.75 bits per heavy atom. The molecule has 2 atom stereocenters. The lowest BCUT2D eigenvalue weighted by atomic mass is 10.0. The fourth-order valence-corrected chi connectivity index (χ4v) is 3.63. The molecule has 0 bridgehead atoms. The molecule has 0 N–H and O–H groups in total. The molecule has 3 rings (SSSR count). The van der Waals surface area contributed by atoms with Crippen LogP contribution in [0.1, 0.15) is 36.0 Å². The van der Waals surface area contributed by atoms with Crippen LogP contribution >= 0.6 is 0 Å². The highest BCUT2D eigenvalue weighted by atomic mass is 19.1. The average molecular weight is 276 g/mol. The van der Waals surface area contributed by atoms with Crippen molar-refractivity contribution in [2.75, 3.05) is 20.1 Å². The molecule has 2 saturated heterocycles. The Kier molecular flexibility index (Phi) is 3.74. The third-order valence-corrected chi connectivity index (χ3v) is 4.67. The molecule has 1 amide bonds. The summed E-state index contributed by atoms with van der Waals surface area (Å²) < 4.78 is 13.0. The van der Waals surface area contributed by atoms with Gasteiger partial charge in [-0.05, 0) is 63.5 Å². The summed E-state index contributed by atoms with van der Waals surface area (Å²) in [6, 6.07) is 6.71. The van der Waals surface area contributed by atoms with Gasteiger partial charge in [0.25, 0.3) is 5.91 Å². The number of likely N-dealkylation sites (N-methyl/N-ethyl adjacent to an activating group) is 1. The van der Waals surface area contributed by atoms with Gasteiger partial charge in [-0.25, -0.2) is 4.39 Å². The predicted octanol–water partition coefficient (Wildman–Crippen LogP) is 2.52. The topological polar surface area (TPSA) is 23.6 Å². The largest absolute Gasteiger partial charge is 0.334 e. The van der Waals surface area contributed by atoms with Gasteiger partial charge in [-0.15, -0.1) is 0 Å². The van der Waals surface area contributed by atoms with E-state index in [4.69, 9.17) is 0 Å². The van der Waals surface area contributed by atoms with Crippen LogP contribution in [-0.4, -0.2) is 47.9 Å². The monoisotopic (exact) mass is 276 g/mol. The zero-order chi connectivity index (χ0) is 14.1. The van der Waals surface area contributed by atoms with E-state index in [-0.39, 0.29) is 11.7 Å². The van der Waals surface area contributed by atoms with Crippen molar-refractivity contribution in [2.45, 2.75) is 37.8 Å². The standard InChI is InChI=1S/C16H21FN2O/c1-18-10-2-4-14(18)15-5-3-11-19(15)16(20)12-6-8-13(17)9-7-12/h6-9,14-15H,2-5,10-11H2,1H3/t14-,15+/m0/s1. The highest BCUT2D eigenvalue weighted by molar-refractivity contribution is 5.94. The molecule has 2 aliphatic heterocycles. The van der Waals surface area contributed by atoms with E-state index in [9.17, 15) is 9.18 Å². The lowest BCUT2D eigenvalue weighted by molar-refractivity contribution is 0.0664. The summed E-state index contributed by atoms with van der Waals surface area (Å²) in [5, 5.41) is 0. The molecule has 4 heteroatoms. The summed E-state index contributed by atoms with van der Waals surface area (Å²) in [4.78, 5) is 17.0. The number of hydrogen-bond acceptors (Lipinski definition) is 2. The molecule has 2 aliphatic rings. The molecule has 3 nitrogen and oxygen atoms in total. The number of carbonyl (C=O) groups is 1. The fourth-order valence-electron chi connectivity index (χ4n) is 3.63. The number of likely N-dealkylation sites (tertiary alicyclic amines) is 2. The minimum absolute atomic E-state index is 0.0489. The molecule has 20 heavy (non-hydrogen) atoms. The van der Waals surface area contributed by atoms with Gasteiger partial charge in [0.2, 0.25) is 0 Å². The van der Waals surface area contributed by atoms with Gasteiger partial charge in [0.15, 0.2) is 0 Å². The molecule has 0 unspecified atom stereocenters. The van der Waals surface area contributed by atoms with Crippen molar-refractivity contribution in [3.63, 3.8) is 0 Å². The maximum absolute atomic E-state index is 13.0. The summed E-state index contributed by atoms with van der Waals surface area (Å²) in [6.07, 6.45) is 4.55. The van der Waals surface area contributed by atoms with Gasteiger partial charge < -0.3 is 9.80 Å². The first-order valence-electron chi connectivity index (χ1n) is 7.43. The number of carbonyl (C=O) groups excluding carboxylic acids is 1. The van der Waals surface area contributed by atoms with Crippen molar-refractivity contribution >= 4 is 5.91 Å². The van der Waals surface area contributed by atoms with Crippen LogP contribution in [0.5, 0.6) is 0 Å². The molecule has 0 spiro atoms. The number of rotatable bonds is 2. The van der Waals surface area contributed by atoms with Crippen LogP contribution in [-0.2, 0) is 0 Å². The van der Waals surface area contributed by atoms with E-state index in [1.54, 1.807) is 12.1 Å². The fraction of sp³-hybridized carbons (Fsp3) is 0.562. The summed E-state index contributed by atoms with van der Waals surface area (Å²) in [5.74, 6) is -0.247. The first-order chi connectivity index (χ1) is 9.66. The molecule has 108 valence electrons. The molecule has 0 saturated carbocycles. The van der Waals surface area contributed by atoms with Crippen molar-refractivity contribution in [3.8, 4) is 0 Å². The molecule has 0 aliphatic carbocycles. The molecular formula is C16H21FN2O. The molecule has 1 aromatic rings. The smallest absolute Gasteiger partial charge is 0.254 e. The van der Waals surface area contributed by atoms with Crippen molar-refractivity contribution < 1.29 is 9.18 Å². The van der Waals surface area contributed by atoms with E-state index >= 15 is 0 Å².